The van der Waals surface area contributed by atoms with E-state index in [0.717, 1.165) is 96.6 Å². The van der Waals surface area contributed by atoms with E-state index in [-0.39, 0.29) is 48.3 Å². The van der Waals surface area contributed by atoms with Crippen LogP contribution < -0.4 is 21.3 Å². The topological polar surface area (TPSA) is 135 Å². The molecule has 0 bridgehead atoms. The summed E-state index contributed by atoms with van der Waals surface area (Å²) < 4.78 is 19.8. The third kappa shape index (κ3) is 11.8. The van der Waals surface area contributed by atoms with E-state index in [4.69, 9.17) is 24.9 Å². The Morgan fingerprint density at radius 1 is 1.00 bits per heavy atom. The molecule has 0 aromatic heterocycles. The second-order valence-electron chi connectivity index (χ2n) is 18.4. The molecule has 11 nitrogen and oxygen atoms in total. The van der Waals surface area contributed by atoms with Crippen LogP contribution in [0.2, 0.25) is 0 Å². The van der Waals surface area contributed by atoms with Crippen LogP contribution >= 0.6 is 0 Å². The predicted molar refractivity (Wildman–Crippen MR) is 223 cm³/mol. The summed E-state index contributed by atoms with van der Waals surface area (Å²) in [4.78, 5) is 22.6. The number of allylic oxidation sites excluding steroid dienone is 1. The average molecular weight is 786 g/mol. The van der Waals surface area contributed by atoms with Crippen LogP contribution in [0.4, 0.5) is 0 Å². The molecule has 0 aliphatic carbocycles. The van der Waals surface area contributed by atoms with Gasteiger partial charge in [0.15, 0.2) is 5.92 Å². The first-order valence-electron chi connectivity index (χ1n) is 23.6. The Morgan fingerprint density at radius 2 is 1.73 bits per heavy atom. The molecule has 6 N–H and O–H groups in total. The molecule has 2 unspecified atom stereocenters. The van der Waals surface area contributed by atoms with E-state index < -0.39 is 5.72 Å². The van der Waals surface area contributed by atoms with E-state index in [1.165, 1.54) is 81.4 Å². The van der Waals surface area contributed by atoms with Gasteiger partial charge in [0.1, 0.15) is 17.5 Å². The fraction of sp³-hybridized carbons (Fsp3) is 0.911. The second-order valence-corrected chi connectivity index (χ2v) is 18.4. The maximum Gasteiger partial charge on any atom is 0.319 e. The van der Waals surface area contributed by atoms with Gasteiger partial charge in [0, 0.05) is 45.3 Å². The number of hydrogen-bond donors (Lipinski definition) is 5. The van der Waals surface area contributed by atoms with Crippen molar-refractivity contribution >= 4 is 11.8 Å². The molecule has 6 rings (SSSR count). The van der Waals surface area contributed by atoms with Crippen molar-refractivity contribution < 1.29 is 29.0 Å². The second kappa shape index (κ2) is 22.1. The van der Waals surface area contributed by atoms with Crippen molar-refractivity contribution in [1.82, 2.24) is 15.5 Å². The molecule has 2 spiro atoms. The van der Waals surface area contributed by atoms with Gasteiger partial charge in [0.05, 0.1) is 36.8 Å². The van der Waals surface area contributed by atoms with E-state index in [1.807, 2.05) is 0 Å². The number of carbonyl (C=O) groups is 1. The minimum atomic E-state index is -0.690. The molecule has 4 saturated heterocycles. The van der Waals surface area contributed by atoms with Gasteiger partial charge in [0.2, 0.25) is 6.29 Å². The zero-order valence-electron chi connectivity index (χ0n) is 35.5. The largest absolute Gasteiger partial charge is 0.465 e. The number of quaternary nitrogens is 1. The number of β-amino-alcohol motifs (C(OH)–C–C–N with tert-alkyl or cyclic N) is 1. The third-order valence-corrected chi connectivity index (χ3v) is 14.0. The molecule has 0 saturated carbocycles. The summed E-state index contributed by atoms with van der Waals surface area (Å²) in [7, 11) is 0. The van der Waals surface area contributed by atoms with Gasteiger partial charge < -0.3 is 34.9 Å². The molecular formula is C45H81N6O5+. The number of aliphatic hydroxyl groups is 1. The number of nitrogens with zero attached hydrogens (tertiary/aromatic N) is 2. The van der Waals surface area contributed by atoms with E-state index >= 15 is 0 Å². The first-order valence-corrected chi connectivity index (χ1v) is 23.6. The molecule has 0 aromatic rings. The molecule has 11 heteroatoms. The molecule has 6 aliphatic heterocycles. The van der Waals surface area contributed by atoms with Crippen LogP contribution in [-0.4, -0.2) is 103 Å². The zero-order chi connectivity index (χ0) is 39.2. The highest BCUT2D eigenvalue weighted by Gasteiger charge is 2.66. The van der Waals surface area contributed by atoms with Gasteiger partial charge >= 0.3 is 5.97 Å². The Labute approximate surface area is 339 Å². The summed E-state index contributed by atoms with van der Waals surface area (Å²) in [5.41, 5.74) is 4.59. The summed E-state index contributed by atoms with van der Waals surface area (Å²) in [5.74, 6) is 0.864. The Kier molecular flexibility index (Phi) is 17.4. The average Bonchev–Trinajstić information content (AvgIpc) is 3.49. The standard InChI is InChI=1S/C45H80N6O5/c1-3-38-22-16-17-27-44(56-38)33-36-24-25-39-41(45(28-19-21-35(2)55-45)49-43(48-44)51(36)39)42(53)54-32-18-14-12-10-8-6-4-5-7-9-11-13-15-23-40-47-30-20-31-50(40)34-37(52)26-29-46/h16,22,35-39,41,43,48-49,52H,3-15,17-21,23-34,46H2,1-2H3/p+1/t35-,36+,37+,38+,39-,41-,43?,44+,45-/m1/s1. The van der Waals surface area contributed by atoms with Gasteiger partial charge in [-0.2, -0.15) is 0 Å². The number of rotatable bonds is 22. The lowest BCUT2D eigenvalue weighted by Crippen LogP contribution is -3.29. The zero-order valence-corrected chi connectivity index (χ0v) is 35.5. The maximum atomic E-state index is 14.1. The molecule has 0 aromatic carbocycles. The smallest absolute Gasteiger partial charge is 0.319 e. The van der Waals surface area contributed by atoms with Crippen LogP contribution in [0.15, 0.2) is 17.1 Å². The molecular weight excluding hydrogens is 705 g/mol. The maximum absolute atomic E-state index is 14.1. The Bertz CT molecular complexity index is 1250. The molecule has 320 valence electrons. The van der Waals surface area contributed by atoms with Gasteiger partial charge in [-0.3, -0.25) is 9.79 Å². The number of unbranched alkanes of at least 4 members (excludes halogenated alkanes) is 12. The van der Waals surface area contributed by atoms with Crippen LogP contribution in [-0.2, 0) is 19.0 Å². The van der Waals surface area contributed by atoms with Crippen molar-refractivity contribution in [3.63, 3.8) is 0 Å². The lowest BCUT2D eigenvalue weighted by atomic mass is 9.79. The molecule has 56 heavy (non-hydrogen) atoms. The highest BCUT2D eigenvalue weighted by atomic mass is 16.6. The Hall–Kier alpha value is -1.60. The summed E-state index contributed by atoms with van der Waals surface area (Å²) in [6.45, 7) is 8.03. The SMILES string of the molecule is CC[C@H]1C=CCC[C@@]2(C[C@@H]3CC[C@@H]4[C@H](C(=O)OCCCCCCCCCCCCCCCC5=NCCCN5C[C@@H](O)CCN)[C@]5(CCC[C@@H](C)O5)NC(N2)[NH+]34)O1. The predicted octanol–water partition coefficient (Wildman–Crippen LogP) is 5.84. The lowest BCUT2D eigenvalue weighted by molar-refractivity contribution is -0.985. The van der Waals surface area contributed by atoms with Crippen molar-refractivity contribution in [2.24, 2.45) is 16.6 Å². The fourth-order valence-electron chi connectivity index (χ4n) is 11.1. The normalized spacial score (nSPS) is 34.7. The quantitative estimate of drug-likeness (QED) is 0.0521. The monoisotopic (exact) mass is 786 g/mol. The van der Waals surface area contributed by atoms with Crippen molar-refractivity contribution in [3.8, 4) is 0 Å². The number of carbonyl (C=O) groups excluding carboxylic acids is 1. The minimum absolute atomic E-state index is 0.00473. The van der Waals surface area contributed by atoms with Crippen molar-refractivity contribution in [3.05, 3.63) is 12.2 Å². The molecule has 0 radical (unpaired) electrons. The molecule has 10 atom stereocenters. The van der Waals surface area contributed by atoms with Crippen LogP contribution in [0, 0.1) is 5.92 Å². The number of amidine groups is 1. The van der Waals surface area contributed by atoms with Gasteiger partial charge in [-0.15, -0.1) is 0 Å². The number of aliphatic hydroxyl groups excluding tert-OH is 1. The van der Waals surface area contributed by atoms with Crippen LogP contribution in [0.3, 0.4) is 0 Å². The van der Waals surface area contributed by atoms with Gasteiger partial charge in [0.25, 0.3) is 0 Å². The molecule has 4 fully saturated rings. The number of ether oxygens (including phenoxy) is 3. The molecule has 6 heterocycles. The van der Waals surface area contributed by atoms with E-state index in [0.29, 0.717) is 32.2 Å². The minimum Gasteiger partial charge on any atom is -0.465 e. The van der Waals surface area contributed by atoms with E-state index in [9.17, 15) is 9.90 Å². The van der Waals surface area contributed by atoms with Gasteiger partial charge in [-0.05, 0) is 77.7 Å². The highest BCUT2D eigenvalue weighted by molar-refractivity contribution is 5.82. The van der Waals surface area contributed by atoms with Crippen LogP contribution in [0.5, 0.6) is 0 Å². The Morgan fingerprint density at radius 3 is 2.45 bits per heavy atom. The summed E-state index contributed by atoms with van der Waals surface area (Å²) >= 11 is 0. The van der Waals surface area contributed by atoms with Gasteiger partial charge in [-0.1, -0.05) is 89.7 Å². The fourth-order valence-corrected chi connectivity index (χ4v) is 11.1. The molecule has 6 aliphatic rings. The van der Waals surface area contributed by atoms with Crippen molar-refractivity contribution in [2.75, 3.05) is 32.8 Å². The summed E-state index contributed by atoms with van der Waals surface area (Å²) in [5, 5.41) is 18.1. The summed E-state index contributed by atoms with van der Waals surface area (Å²) in [6.07, 6.45) is 32.6. The first-order chi connectivity index (χ1) is 27.4. The first kappa shape index (κ1) is 44.0. The van der Waals surface area contributed by atoms with E-state index in [1.54, 1.807) is 0 Å². The number of nitrogens with one attached hydrogen (secondary N) is 3. The van der Waals surface area contributed by atoms with Crippen molar-refractivity contribution in [2.45, 2.75) is 223 Å². The van der Waals surface area contributed by atoms with Crippen LogP contribution in [0.25, 0.3) is 0 Å². The van der Waals surface area contributed by atoms with Crippen molar-refractivity contribution in [1.29, 1.82) is 0 Å². The van der Waals surface area contributed by atoms with Crippen LogP contribution in [0.1, 0.15) is 174 Å². The lowest BCUT2D eigenvalue weighted by Gasteiger charge is -2.58. The number of hydrogen-bond acceptors (Lipinski definition) is 10. The molecule has 0 amide bonds. The number of aliphatic imine (C=N–C) groups is 1. The van der Waals surface area contributed by atoms with Gasteiger partial charge in [-0.25, -0.2) is 10.6 Å². The number of nitrogens with two attached hydrogens (primary N) is 1. The Balaban J connectivity index is 0.830. The third-order valence-electron chi connectivity index (χ3n) is 14.0. The number of esters is 1. The summed E-state index contributed by atoms with van der Waals surface area (Å²) in [6, 6.07) is 0.656. The van der Waals surface area contributed by atoms with E-state index in [2.05, 4.69) is 41.5 Å². The highest BCUT2D eigenvalue weighted by Crippen LogP contribution is 2.42.